The second-order valence-electron chi connectivity index (χ2n) is 7.92. The van der Waals surface area contributed by atoms with E-state index >= 15 is 0 Å². The maximum Gasteiger partial charge on any atom is 0.416 e. The molecular formula is C23H22F3N3O4. The van der Waals surface area contributed by atoms with Gasteiger partial charge in [-0.2, -0.15) is 13.2 Å². The van der Waals surface area contributed by atoms with Crippen LogP contribution in [-0.4, -0.2) is 48.9 Å². The Balaban J connectivity index is 1.56. The predicted octanol–water partition coefficient (Wildman–Crippen LogP) is 2.91. The fourth-order valence-electron chi connectivity index (χ4n) is 3.99. The van der Waals surface area contributed by atoms with Crippen molar-refractivity contribution in [3.63, 3.8) is 0 Å². The molecule has 1 N–H and O–H groups in total. The van der Waals surface area contributed by atoms with Gasteiger partial charge in [0.05, 0.1) is 17.3 Å². The van der Waals surface area contributed by atoms with Crippen LogP contribution in [0.5, 0.6) is 5.75 Å². The van der Waals surface area contributed by atoms with Crippen molar-refractivity contribution in [2.75, 3.05) is 31.1 Å². The molecule has 0 radical (unpaired) electrons. The number of hydrogen-bond acceptors (Lipinski definition) is 4. The molecule has 7 nitrogen and oxygen atoms in total. The SMILES string of the molecule is O=C(CN1C(=O)COc2ccccc21)NC(CN1CCCC1=O)c1cccc(C(F)(F)F)c1. The lowest BCUT2D eigenvalue weighted by molar-refractivity contribution is -0.137. The molecule has 2 aliphatic rings. The van der Waals surface area contributed by atoms with E-state index < -0.39 is 29.6 Å². The number of fused-ring (bicyclic) bond motifs is 1. The Bertz CT molecular complexity index is 1070. The topological polar surface area (TPSA) is 79.0 Å². The highest BCUT2D eigenvalue weighted by atomic mass is 19.4. The summed E-state index contributed by atoms with van der Waals surface area (Å²) in [5.74, 6) is -0.621. The molecule has 0 spiro atoms. The van der Waals surface area contributed by atoms with Crippen LogP contribution < -0.4 is 15.0 Å². The molecule has 174 valence electrons. The second kappa shape index (κ2) is 9.13. The highest BCUT2D eigenvalue weighted by molar-refractivity contribution is 6.02. The average Bonchev–Trinajstić information content (AvgIpc) is 3.19. The van der Waals surface area contributed by atoms with E-state index in [1.807, 2.05) is 0 Å². The van der Waals surface area contributed by atoms with Crippen molar-refractivity contribution in [1.29, 1.82) is 0 Å². The van der Waals surface area contributed by atoms with Gasteiger partial charge in [-0.3, -0.25) is 19.3 Å². The lowest BCUT2D eigenvalue weighted by Crippen LogP contribution is -2.47. The number of alkyl halides is 3. The molecule has 2 heterocycles. The van der Waals surface area contributed by atoms with Crippen LogP contribution in [0, 0.1) is 0 Å². The zero-order valence-corrected chi connectivity index (χ0v) is 17.6. The van der Waals surface area contributed by atoms with Crippen LogP contribution in [0.15, 0.2) is 48.5 Å². The van der Waals surface area contributed by atoms with E-state index in [0.717, 1.165) is 12.1 Å². The molecule has 0 aromatic heterocycles. The molecule has 1 atom stereocenters. The van der Waals surface area contributed by atoms with Gasteiger partial charge in [-0.25, -0.2) is 0 Å². The molecule has 0 saturated carbocycles. The molecule has 2 aromatic carbocycles. The average molecular weight is 461 g/mol. The molecule has 4 rings (SSSR count). The molecule has 1 unspecified atom stereocenters. The molecule has 33 heavy (non-hydrogen) atoms. The van der Waals surface area contributed by atoms with Crippen molar-refractivity contribution < 1.29 is 32.3 Å². The van der Waals surface area contributed by atoms with Crippen LogP contribution in [0.2, 0.25) is 0 Å². The third kappa shape index (κ3) is 5.10. The lowest BCUT2D eigenvalue weighted by atomic mass is 10.0. The summed E-state index contributed by atoms with van der Waals surface area (Å²) in [4.78, 5) is 40.2. The van der Waals surface area contributed by atoms with Gasteiger partial charge in [0.25, 0.3) is 5.91 Å². The first-order valence-electron chi connectivity index (χ1n) is 10.5. The van der Waals surface area contributed by atoms with E-state index in [4.69, 9.17) is 4.74 Å². The summed E-state index contributed by atoms with van der Waals surface area (Å²) in [7, 11) is 0. The van der Waals surface area contributed by atoms with Gasteiger partial charge in [0.15, 0.2) is 6.61 Å². The number of rotatable bonds is 6. The van der Waals surface area contributed by atoms with E-state index in [1.165, 1.54) is 21.9 Å². The Kier molecular flexibility index (Phi) is 6.26. The number of benzene rings is 2. The van der Waals surface area contributed by atoms with E-state index in [2.05, 4.69) is 5.32 Å². The maximum atomic E-state index is 13.2. The molecule has 3 amide bonds. The zero-order chi connectivity index (χ0) is 23.6. The fraction of sp³-hybridized carbons (Fsp3) is 0.348. The standard InChI is InChI=1S/C23H22F3N3O4/c24-23(25,26)16-6-3-5-15(11-16)17(12-28-10-4-9-21(28)31)27-20(30)13-29-18-7-1-2-8-19(18)33-14-22(29)32/h1-3,5-8,11,17H,4,9-10,12-14H2,(H,27,30). The number of carbonyl (C=O) groups excluding carboxylic acids is 3. The number of ether oxygens (including phenoxy) is 1. The second-order valence-corrected chi connectivity index (χ2v) is 7.92. The summed E-state index contributed by atoms with van der Waals surface area (Å²) in [6, 6.07) is 10.6. The van der Waals surface area contributed by atoms with Gasteiger partial charge in [-0.15, -0.1) is 0 Å². The normalized spacial score (nSPS) is 16.9. The number of likely N-dealkylation sites (tertiary alicyclic amines) is 1. The first kappa shape index (κ1) is 22.6. The number of amides is 3. The zero-order valence-electron chi connectivity index (χ0n) is 17.6. The van der Waals surface area contributed by atoms with Crippen molar-refractivity contribution in [2.45, 2.75) is 25.1 Å². The highest BCUT2D eigenvalue weighted by Crippen LogP contribution is 2.32. The minimum absolute atomic E-state index is 0.0412. The third-order valence-electron chi connectivity index (χ3n) is 5.64. The monoisotopic (exact) mass is 461 g/mol. The summed E-state index contributed by atoms with van der Waals surface area (Å²) < 4.78 is 45.1. The number of carbonyl (C=O) groups is 3. The number of halogens is 3. The Labute approximate surface area is 188 Å². The maximum absolute atomic E-state index is 13.2. The highest BCUT2D eigenvalue weighted by Gasteiger charge is 2.33. The molecule has 0 bridgehead atoms. The van der Waals surface area contributed by atoms with Gasteiger partial charge < -0.3 is 15.0 Å². The summed E-state index contributed by atoms with van der Waals surface area (Å²) in [5, 5.41) is 2.72. The van der Waals surface area contributed by atoms with Crippen LogP contribution in [0.25, 0.3) is 0 Å². The molecule has 1 saturated heterocycles. The van der Waals surface area contributed by atoms with Crippen molar-refractivity contribution in [1.82, 2.24) is 10.2 Å². The molecular weight excluding hydrogens is 439 g/mol. The molecule has 2 aromatic rings. The van der Waals surface area contributed by atoms with Gasteiger partial charge in [0.2, 0.25) is 11.8 Å². The Hall–Kier alpha value is -3.56. The van der Waals surface area contributed by atoms with Crippen molar-refractivity contribution in [2.24, 2.45) is 0 Å². The largest absolute Gasteiger partial charge is 0.482 e. The number of hydrogen-bond donors (Lipinski definition) is 1. The van der Waals surface area contributed by atoms with Gasteiger partial charge in [-0.1, -0.05) is 24.3 Å². The molecule has 0 aliphatic carbocycles. The Morgan fingerprint density at radius 3 is 2.61 bits per heavy atom. The number of para-hydroxylation sites is 2. The molecule has 10 heteroatoms. The quantitative estimate of drug-likeness (QED) is 0.718. The Morgan fingerprint density at radius 2 is 1.88 bits per heavy atom. The lowest BCUT2D eigenvalue weighted by Gasteiger charge is -2.30. The number of nitrogens with zero attached hydrogens (tertiary/aromatic N) is 2. The van der Waals surface area contributed by atoms with Crippen molar-refractivity contribution >= 4 is 23.4 Å². The van der Waals surface area contributed by atoms with Crippen molar-refractivity contribution in [3.05, 3.63) is 59.7 Å². The van der Waals surface area contributed by atoms with Crippen LogP contribution in [-0.2, 0) is 20.6 Å². The van der Waals surface area contributed by atoms with Gasteiger partial charge >= 0.3 is 6.18 Å². The van der Waals surface area contributed by atoms with E-state index in [1.54, 1.807) is 24.3 Å². The van der Waals surface area contributed by atoms with E-state index in [9.17, 15) is 27.6 Å². The van der Waals surface area contributed by atoms with Gasteiger partial charge in [0, 0.05) is 19.5 Å². The van der Waals surface area contributed by atoms with Gasteiger partial charge in [-0.05, 0) is 36.2 Å². The van der Waals surface area contributed by atoms with E-state index in [0.29, 0.717) is 30.8 Å². The molecule has 2 aliphatic heterocycles. The van der Waals surface area contributed by atoms with Gasteiger partial charge in [0.1, 0.15) is 12.3 Å². The summed E-state index contributed by atoms with van der Waals surface area (Å²) in [6.45, 7) is -0.0364. The van der Waals surface area contributed by atoms with Crippen LogP contribution in [0.3, 0.4) is 0 Å². The first-order valence-corrected chi connectivity index (χ1v) is 10.5. The number of anilines is 1. The number of nitrogens with one attached hydrogen (secondary N) is 1. The first-order chi connectivity index (χ1) is 15.7. The van der Waals surface area contributed by atoms with Crippen LogP contribution in [0.1, 0.15) is 30.0 Å². The third-order valence-corrected chi connectivity index (χ3v) is 5.64. The van der Waals surface area contributed by atoms with Crippen LogP contribution in [0.4, 0.5) is 18.9 Å². The van der Waals surface area contributed by atoms with Crippen molar-refractivity contribution in [3.8, 4) is 5.75 Å². The minimum atomic E-state index is -4.54. The summed E-state index contributed by atoms with van der Waals surface area (Å²) in [5.41, 5.74) is -0.176. The summed E-state index contributed by atoms with van der Waals surface area (Å²) >= 11 is 0. The smallest absolute Gasteiger partial charge is 0.416 e. The minimum Gasteiger partial charge on any atom is -0.482 e. The Morgan fingerprint density at radius 1 is 1.09 bits per heavy atom. The fourth-order valence-corrected chi connectivity index (χ4v) is 3.99. The predicted molar refractivity (Wildman–Crippen MR) is 112 cm³/mol. The summed E-state index contributed by atoms with van der Waals surface area (Å²) in [6.07, 6.45) is -3.53. The molecule has 1 fully saturated rings. The van der Waals surface area contributed by atoms with E-state index in [-0.39, 0.29) is 31.2 Å². The van der Waals surface area contributed by atoms with Crippen LogP contribution >= 0.6 is 0 Å².